The monoisotopic (exact) mass is 315 g/mol. The Morgan fingerprint density at radius 3 is 2.21 bits per heavy atom. The lowest BCUT2D eigenvalue weighted by Gasteiger charge is -2.24. The van der Waals surface area contributed by atoms with Gasteiger partial charge in [-0.2, -0.15) is 0 Å². The molecule has 0 saturated heterocycles. The van der Waals surface area contributed by atoms with E-state index in [4.69, 9.17) is 0 Å². The fourth-order valence-corrected chi connectivity index (χ4v) is 2.80. The number of carbonyl (C=O) groups is 1. The Balaban J connectivity index is 1.65. The van der Waals surface area contributed by atoms with Crippen LogP contribution in [-0.4, -0.2) is 5.91 Å². The molecule has 0 aliphatic carbocycles. The van der Waals surface area contributed by atoms with Gasteiger partial charge < -0.3 is 16.0 Å². The summed E-state index contributed by atoms with van der Waals surface area (Å²) in [6.07, 6.45) is 0. The highest BCUT2D eigenvalue weighted by molar-refractivity contribution is 6.11. The number of anilines is 5. The van der Waals surface area contributed by atoms with E-state index >= 15 is 0 Å². The molecule has 1 amide bonds. The Hall–Kier alpha value is -3.27. The molecule has 4 rings (SSSR count). The maximum atomic E-state index is 12.7. The molecule has 0 radical (unpaired) electrons. The zero-order valence-electron chi connectivity index (χ0n) is 13.3. The second-order valence-electron chi connectivity index (χ2n) is 5.84. The highest BCUT2D eigenvalue weighted by Crippen LogP contribution is 2.40. The fourth-order valence-electron chi connectivity index (χ4n) is 2.80. The number of amides is 1. The van der Waals surface area contributed by atoms with Gasteiger partial charge in [0.1, 0.15) is 0 Å². The van der Waals surface area contributed by atoms with Crippen LogP contribution in [0.1, 0.15) is 15.9 Å². The van der Waals surface area contributed by atoms with Crippen molar-refractivity contribution in [3.05, 3.63) is 77.9 Å². The van der Waals surface area contributed by atoms with E-state index in [1.807, 2.05) is 73.7 Å². The first kappa shape index (κ1) is 14.3. The molecular formula is C20H17N3O. The van der Waals surface area contributed by atoms with Crippen molar-refractivity contribution in [2.24, 2.45) is 0 Å². The van der Waals surface area contributed by atoms with Gasteiger partial charge in [-0.15, -0.1) is 0 Å². The molecule has 0 unspecified atom stereocenters. The van der Waals surface area contributed by atoms with Gasteiger partial charge in [0, 0.05) is 5.69 Å². The van der Waals surface area contributed by atoms with E-state index in [9.17, 15) is 4.79 Å². The lowest BCUT2D eigenvalue weighted by molar-refractivity contribution is 0.102. The summed E-state index contributed by atoms with van der Waals surface area (Å²) in [4.78, 5) is 12.7. The molecule has 0 aromatic heterocycles. The molecule has 1 aliphatic rings. The minimum absolute atomic E-state index is 0.135. The Morgan fingerprint density at radius 2 is 1.46 bits per heavy atom. The Labute approximate surface area is 140 Å². The minimum Gasteiger partial charge on any atom is -0.352 e. The summed E-state index contributed by atoms with van der Waals surface area (Å²) in [5, 5.41) is 9.68. The van der Waals surface area contributed by atoms with Crippen LogP contribution in [0.5, 0.6) is 0 Å². The van der Waals surface area contributed by atoms with Crippen LogP contribution in [0.25, 0.3) is 0 Å². The van der Waals surface area contributed by atoms with Gasteiger partial charge in [0.25, 0.3) is 5.91 Å². The second kappa shape index (κ2) is 5.74. The predicted molar refractivity (Wildman–Crippen MR) is 98.6 cm³/mol. The second-order valence-corrected chi connectivity index (χ2v) is 5.84. The summed E-state index contributed by atoms with van der Waals surface area (Å²) >= 11 is 0. The molecule has 1 heterocycles. The molecule has 0 saturated carbocycles. The first-order chi connectivity index (χ1) is 11.7. The predicted octanol–water partition coefficient (Wildman–Crippen LogP) is 5.05. The minimum atomic E-state index is -0.135. The number of aryl methyl sites for hydroxylation is 1. The van der Waals surface area contributed by atoms with Crippen LogP contribution in [0.3, 0.4) is 0 Å². The standard InChI is InChI=1S/C20H17N3O/c1-13-9-11-14(12-10-13)21-20(24)15-5-4-8-18-19(15)23-17-7-3-2-6-16(17)22-18/h2-12,22-23H,1H3,(H,21,24). The molecule has 24 heavy (non-hydrogen) atoms. The van der Waals surface area contributed by atoms with Gasteiger partial charge in [0.2, 0.25) is 0 Å². The SMILES string of the molecule is Cc1ccc(NC(=O)c2cccc3c2Nc2ccccc2N3)cc1. The number of benzene rings is 3. The zero-order chi connectivity index (χ0) is 16.5. The first-order valence-electron chi connectivity index (χ1n) is 7.85. The van der Waals surface area contributed by atoms with Crippen molar-refractivity contribution >= 4 is 34.3 Å². The summed E-state index contributed by atoms with van der Waals surface area (Å²) in [5.74, 6) is -0.135. The Bertz CT molecular complexity index is 916. The highest BCUT2D eigenvalue weighted by atomic mass is 16.1. The van der Waals surface area contributed by atoms with Crippen molar-refractivity contribution in [3.8, 4) is 0 Å². The summed E-state index contributed by atoms with van der Waals surface area (Å²) in [6, 6.07) is 21.4. The number of carbonyl (C=O) groups excluding carboxylic acids is 1. The Morgan fingerprint density at radius 1 is 0.792 bits per heavy atom. The van der Waals surface area contributed by atoms with E-state index in [-0.39, 0.29) is 5.91 Å². The lowest BCUT2D eigenvalue weighted by Crippen LogP contribution is -2.16. The van der Waals surface area contributed by atoms with E-state index < -0.39 is 0 Å². The van der Waals surface area contributed by atoms with Crippen LogP contribution in [-0.2, 0) is 0 Å². The number of hydrogen-bond acceptors (Lipinski definition) is 3. The summed E-state index contributed by atoms with van der Waals surface area (Å²) in [5.41, 5.74) is 6.20. The average molecular weight is 315 g/mol. The number of para-hydroxylation sites is 3. The molecule has 1 aliphatic heterocycles. The van der Waals surface area contributed by atoms with E-state index in [1.165, 1.54) is 0 Å². The van der Waals surface area contributed by atoms with Gasteiger partial charge in [-0.3, -0.25) is 4.79 Å². The van der Waals surface area contributed by atoms with Crippen LogP contribution < -0.4 is 16.0 Å². The summed E-state index contributed by atoms with van der Waals surface area (Å²) in [6.45, 7) is 2.02. The molecule has 3 aromatic carbocycles. The Kier molecular flexibility index (Phi) is 3.43. The van der Waals surface area contributed by atoms with Crippen molar-refractivity contribution in [3.63, 3.8) is 0 Å². The van der Waals surface area contributed by atoms with Crippen molar-refractivity contribution in [2.45, 2.75) is 6.92 Å². The molecule has 0 atom stereocenters. The highest BCUT2D eigenvalue weighted by Gasteiger charge is 2.20. The van der Waals surface area contributed by atoms with Crippen LogP contribution in [0.2, 0.25) is 0 Å². The maximum Gasteiger partial charge on any atom is 0.257 e. The van der Waals surface area contributed by atoms with E-state index in [0.717, 1.165) is 34.0 Å². The van der Waals surface area contributed by atoms with Gasteiger partial charge in [-0.25, -0.2) is 0 Å². The van der Waals surface area contributed by atoms with E-state index in [0.29, 0.717) is 5.56 Å². The third-order valence-corrected chi connectivity index (χ3v) is 4.07. The lowest BCUT2D eigenvalue weighted by atomic mass is 10.1. The van der Waals surface area contributed by atoms with E-state index in [2.05, 4.69) is 16.0 Å². The molecule has 0 fully saturated rings. The molecular weight excluding hydrogens is 298 g/mol. The quantitative estimate of drug-likeness (QED) is 0.485. The van der Waals surface area contributed by atoms with Gasteiger partial charge in [0.15, 0.2) is 0 Å². The van der Waals surface area contributed by atoms with Crippen LogP contribution >= 0.6 is 0 Å². The van der Waals surface area contributed by atoms with Crippen LogP contribution in [0.4, 0.5) is 28.4 Å². The van der Waals surface area contributed by atoms with Crippen molar-refractivity contribution < 1.29 is 4.79 Å². The van der Waals surface area contributed by atoms with Crippen molar-refractivity contribution in [2.75, 3.05) is 16.0 Å². The molecule has 3 aromatic rings. The van der Waals surface area contributed by atoms with Crippen molar-refractivity contribution in [1.29, 1.82) is 0 Å². The fraction of sp³-hybridized carbons (Fsp3) is 0.0500. The maximum absolute atomic E-state index is 12.7. The molecule has 4 heteroatoms. The normalized spacial score (nSPS) is 11.5. The summed E-state index contributed by atoms with van der Waals surface area (Å²) in [7, 11) is 0. The van der Waals surface area contributed by atoms with Gasteiger partial charge in [-0.1, -0.05) is 35.9 Å². The number of nitrogens with one attached hydrogen (secondary N) is 3. The topological polar surface area (TPSA) is 53.2 Å². The van der Waals surface area contributed by atoms with Gasteiger partial charge in [-0.05, 0) is 43.3 Å². The smallest absolute Gasteiger partial charge is 0.257 e. The largest absolute Gasteiger partial charge is 0.352 e. The molecule has 0 bridgehead atoms. The molecule has 3 N–H and O–H groups in total. The van der Waals surface area contributed by atoms with Crippen LogP contribution in [0, 0.1) is 6.92 Å². The van der Waals surface area contributed by atoms with Gasteiger partial charge >= 0.3 is 0 Å². The molecule has 118 valence electrons. The van der Waals surface area contributed by atoms with Crippen molar-refractivity contribution in [1.82, 2.24) is 0 Å². The average Bonchev–Trinajstić information content (AvgIpc) is 2.61. The van der Waals surface area contributed by atoms with Gasteiger partial charge in [0.05, 0.1) is 28.3 Å². The van der Waals surface area contributed by atoms with Crippen LogP contribution in [0.15, 0.2) is 66.7 Å². The first-order valence-corrected chi connectivity index (χ1v) is 7.85. The molecule has 4 nitrogen and oxygen atoms in total. The number of hydrogen-bond donors (Lipinski definition) is 3. The number of rotatable bonds is 2. The third kappa shape index (κ3) is 2.58. The third-order valence-electron chi connectivity index (χ3n) is 4.07. The van der Waals surface area contributed by atoms with E-state index in [1.54, 1.807) is 0 Å². The molecule has 0 spiro atoms. The summed E-state index contributed by atoms with van der Waals surface area (Å²) < 4.78 is 0. The zero-order valence-corrected chi connectivity index (χ0v) is 13.3. The number of fused-ring (bicyclic) bond motifs is 2.